The molecule has 0 aliphatic carbocycles. The Hall–Kier alpha value is -2.54. The zero-order valence-electron chi connectivity index (χ0n) is 11.5. The SMILES string of the molecule is COc1cccc(OC)c1Oc1nc(N)nc2sccc12. The van der Waals surface area contributed by atoms with Crippen LogP contribution in [0.2, 0.25) is 0 Å². The Morgan fingerprint density at radius 1 is 1.05 bits per heavy atom. The maximum Gasteiger partial charge on any atom is 0.233 e. The van der Waals surface area contributed by atoms with Crippen LogP contribution in [0.25, 0.3) is 10.2 Å². The van der Waals surface area contributed by atoms with E-state index in [4.69, 9.17) is 19.9 Å². The second kappa shape index (κ2) is 5.45. The molecule has 0 bridgehead atoms. The topological polar surface area (TPSA) is 79.5 Å². The summed E-state index contributed by atoms with van der Waals surface area (Å²) in [5.41, 5.74) is 5.72. The van der Waals surface area contributed by atoms with Crippen molar-refractivity contribution in [1.82, 2.24) is 9.97 Å². The van der Waals surface area contributed by atoms with Crippen molar-refractivity contribution in [3.05, 3.63) is 29.6 Å². The lowest BCUT2D eigenvalue weighted by atomic mass is 10.3. The second-order valence-corrected chi connectivity index (χ2v) is 5.01. The highest BCUT2D eigenvalue weighted by molar-refractivity contribution is 7.16. The molecule has 0 radical (unpaired) electrons. The first-order valence-electron chi connectivity index (χ1n) is 6.12. The maximum atomic E-state index is 5.90. The first-order chi connectivity index (χ1) is 10.2. The number of nitrogens with zero attached hydrogens (tertiary/aromatic N) is 2. The molecule has 0 atom stereocenters. The normalized spacial score (nSPS) is 10.6. The van der Waals surface area contributed by atoms with E-state index in [1.807, 2.05) is 17.5 Å². The molecular formula is C14H13N3O3S. The Morgan fingerprint density at radius 3 is 2.43 bits per heavy atom. The third-order valence-corrected chi connectivity index (χ3v) is 3.70. The highest BCUT2D eigenvalue weighted by Gasteiger charge is 2.16. The molecule has 3 aromatic rings. The molecule has 0 saturated carbocycles. The smallest absolute Gasteiger partial charge is 0.233 e. The van der Waals surface area contributed by atoms with Crippen LogP contribution in [0.15, 0.2) is 29.6 Å². The van der Waals surface area contributed by atoms with E-state index in [9.17, 15) is 0 Å². The molecule has 0 amide bonds. The van der Waals surface area contributed by atoms with Gasteiger partial charge in [-0.15, -0.1) is 11.3 Å². The van der Waals surface area contributed by atoms with Crippen molar-refractivity contribution >= 4 is 27.5 Å². The van der Waals surface area contributed by atoms with Gasteiger partial charge >= 0.3 is 0 Å². The third kappa shape index (κ3) is 2.43. The number of nitrogens with two attached hydrogens (primary N) is 1. The fraction of sp³-hybridized carbons (Fsp3) is 0.143. The van der Waals surface area contributed by atoms with Gasteiger partial charge in [0.15, 0.2) is 11.5 Å². The van der Waals surface area contributed by atoms with Crippen LogP contribution in [-0.4, -0.2) is 24.2 Å². The molecule has 0 unspecified atom stereocenters. The molecular weight excluding hydrogens is 290 g/mol. The van der Waals surface area contributed by atoms with Gasteiger partial charge in [-0.25, -0.2) is 4.98 Å². The molecule has 108 valence electrons. The first kappa shape index (κ1) is 13.4. The molecule has 21 heavy (non-hydrogen) atoms. The molecule has 0 spiro atoms. The third-order valence-electron chi connectivity index (χ3n) is 2.89. The van der Waals surface area contributed by atoms with Gasteiger partial charge in [0.2, 0.25) is 17.6 Å². The van der Waals surface area contributed by atoms with Gasteiger partial charge in [0, 0.05) is 0 Å². The van der Waals surface area contributed by atoms with E-state index in [1.54, 1.807) is 26.4 Å². The predicted octanol–water partition coefficient (Wildman–Crippen LogP) is 3.08. The number of benzene rings is 1. The first-order valence-corrected chi connectivity index (χ1v) is 7.00. The molecule has 2 heterocycles. The van der Waals surface area contributed by atoms with E-state index < -0.39 is 0 Å². The number of hydrogen-bond acceptors (Lipinski definition) is 7. The highest BCUT2D eigenvalue weighted by Crippen LogP contribution is 2.41. The summed E-state index contributed by atoms with van der Waals surface area (Å²) in [6, 6.07) is 7.27. The lowest BCUT2D eigenvalue weighted by Crippen LogP contribution is -1.99. The summed E-state index contributed by atoms with van der Waals surface area (Å²) in [7, 11) is 3.13. The van der Waals surface area contributed by atoms with Crippen LogP contribution >= 0.6 is 11.3 Å². The molecule has 0 aliphatic heterocycles. The van der Waals surface area contributed by atoms with Crippen LogP contribution in [0.3, 0.4) is 0 Å². The molecule has 0 aliphatic rings. The Morgan fingerprint density at radius 2 is 1.76 bits per heavy atom. The number of aromatic nitrogens is 2. The lowest BCUT2D eigenvalue weighted by molar-refractivity contribution is 0.343. The average Bonchev–Trinajstić information content (AvgIpc) is 2.95. The van der Waals surface area contributed by atoms with Crippen molar-refractivity contribution in [3.8, 4) is 23.1 Å². The number of hydrogen-bond donors (Lipinski definition) is 1. The Bertz CT molecular complexity index is 766. The van der Waals surface area contributed by atoms with Crippen LogP contribution < -0.4 is 19.9 Å². The molecule has 7 heteroatoms. The van der Waals surface area contributed by atoms with Gasteiger partial charge in [0.1, 0.15) is 4.83 Å². The van der Waals surface area contributed by atoms with Crippen molar-refractivity contribution in [2.24, 2.45) is 0 Å². The van der Waals surface area contributed by atoms with Crippen molar-refractivity contribution in [1.29, 1.82) is 0 Å². The minimum atomic E-state index is 0.161. The van der Waals surface area contributed by atoms with Crippen LogP contribution in [0, 0.1) is 0 Å². The van der Waals surface area contributed by atoms with E-state index >= 15 is 0 Å². The maximum absolute atomic E-state index is 5.90. The van der Waals surface area contributed by atoms with Crippen molar-refractivity contribution in [2.45, 2.75) is 0 Å². The monoisotopic (exact) mass is 303 g/mol. The highest BCUT2D eigenvalue weighted by atomic mass is 32.1. The summed E-state index contributed by atoms with van der Waals surface area (Å²) in [4.78, 5) is 9.10. The summed E-state index contributed by atoms with van der Waals surface area (Å²) in [5.74, 6) is 2.09. The zero-order chi connectivity index (χ0) is 14.8. The second-order valence-electron chi connectivity index (χ2n) is 4.12. The minimum absolute atomic E-state index is 0.161. The number of anilines is 1. The lowest BCUT2D eigenvalue weighted by Gasteiger charge is -2.13. The fourth-order valence-corrected chi connectivity index (χ4v) is 2.70. The van der Waals surface area contributed by atoms with E-state index in [2.05, 4.69) is 9.97 Å². The number of para-hydroxylation sites is 1. The molecule has 6 nitrogen and oxygen atoms in total. The Kier molecular flexibility index (Phi) is 3.49. The quantitative estimate of drug-likeness (QED) is 0.798. The van der Waals surface area contributed by atoms with Gasteiger partial charge in [-0.2, -0.15) is 4.98 Å². The molecule has 1 aromatic carbocycles. The van der Waals surface area contributed by atoms with E-state index in [-0.39, 0.29) is 5.95 Å². The van der Waals surface area contributed by atoms with Crippen LogP contribution in [0.5, 0.6) is 23.1 Å². The molecule has 2 N–H and O–H groups in total. The summed E-state index contributed by atoms with van der Waals surface area (Å²) < 4.78 is 16.5. The fourth-order valence-electron chi connectivity index (χ4n) is 1.94. The van der Waals surface area contributed by atoms with Crippen LogP contribution in [0.1, 0.15) is 0 Å². The van der Waals surface area contributed by atoms with E-state index in [0.717, 1.165) is 10.2 Å². The summed E-state index contributed by atoms with van der Waals surface area (Å²) in [5, 5.41) is 2.70. The summed E-state index contributed by atoms with van der Waals surface area (Å²) >= 11 is 1.47. The minimum Gasteiger partial charge on any atom is -0.493 e. The molecule has 0 saturated heterocycles. The standard InChI is InChI=1S/C14H13N3O3S/c1-18-9-4-3-5-10(19-2)11(9)20-12-8-6-7-21-13(8)17-14(15)16-12/h3-7H,1-2H3,(H2,15,16,17). The van der Waals surface area contributed by atoms with Gasteiger partial charge in [-0.3, -0.25) is 0 Å². The van der Waals surface area contributed by atoms with Gasteiger partial charge < -0.3 is 19.9 Å². The largest absolute Gasteiger partial charge is 0.493 e. The van der Waals surface area contributed by atoms with Crippen molar-refractivity contribution < 1.29 is 14.2 Å². The number of nitrogen functional groups attached to an aromatic ring is 1. The van der Waals surface area contributed by atoms with E-state index in [1.165, 1.54) is 11.3 Å². The Balaban J connectivity index is 2.12. The zero-order valence-corrected chi connectivity index (χ0v) is 12.3. The van der Waals surface area contributed by atoms with E-state index in [0.29, 0.717) is 23.1 Å². The summed E-state index contributed by atoms with van der Waals surface area (Å²) in [6.45, 7) is 0. The number of rotatable bonds is 4. The van der Waals surface area contributed by atoms with Crippen molar-refractivity contribution in [2.75, 3.05) is 20.0 Å². The van der Waals surface area contributed by atoms with Crippen molar-refractivity contribution in [3.63, 3.8) is 0 Å². The Labute approximate surface area is 125 Å². The molecule has 2 aromatic heterocycles. The average molecular weight is 303 g/mol. The number of fused-ring (bicyclic) bond motifs is 1. The van der Waals surface area contributed by atoms with Gasteiger partial charge in [0.05, 0.1) is 19.6 Å². The van der Waals surface area contributed by atoms with Crippen LogP contribution in [-0.2, 0) is 0 Å². The van der Waals surface area contributed by atoms with Gasteiger partial charge in [-0.05, 0) is 23.6 Å². The number of thiophene rings is 1. The number of ether oxygens (including phenoxy) is 3. The van der Waals surface area contributed by atoms with Gasteiger partial charge in [0.25, 0.3) is 0 Å². The number of methoxy groups -OCH3 is 2. The van der Waals surface area contributed by atoms with Gasteiger partial charge in [-0.1, -0.05) is 6.07 Å². The predicted molar refractivity (Wildman–Crippen MR) is 81.4 cm³/mol. The van der Waals surface area contributed by atoms with Crippen LogP contribution in [0.4, 0.5) is 5.95 Å². The molecule has 0 fully saturated rings. The summed E-state index contributed by atoms with van der Waals surface area (Å²) in [6.07, 6.45) is 0. The molecule has 3 rings (SSSR count).